The zero-order valence-corrected chi connectivity index (χ0v) is 12.5. The molecule has 0 spiro atoms. The number of aromatic nitrogens is 2. The second kappa shape index (κ2) is 5.11. The van der Waals surface area contributed by atoms with E-state index in [0.29, 0.717) is 5.82 Å². The van der Waals surface area contributed by atoms with Crippen molar-refractivity contribution >= 4 is 21.6 Å². The normalized spacial score (nSPS) is 14.9. The Morgan fingerprint density at radius 2 is 1.86 bits per heavy atom. The smallest absolute Gasteiger partial charge is 0.260 e. The van der Waals surface area contributed by atoms with Crippen LogP contribution in [0.25, 0.3) is 21.6 Å². The van der Waals surface area contributed by atoms with Gasteiger partial charge in [-0.1, -0.05) is 36.8 Å². The van der Waals surface area contributed by atoms with Crippen LogP contribution >= 0.6 is 11.3 Å². The van der Waals surface area contributed by atoms with Gasteiger partial charge in [0.05, 0.1) is 5.39 Å². The average Bonchev–Trinajstić information content (AvgIpc) is 2.71. The minimum Gasteiger partial charge on any atom is -0.306 e. The number of thiophene rings is 1. The Bertz CT molecular complexity index is 848. The van der Waals surface area contributed by atoms with E-state index in [2.05, 4.69) is 4.98 Å². The van der Waals surface area contributed by atoms with Gasteiger partial charge in [0.25, 0.3) is 5.56 Å². The molecule has 0 radical (unpaired) electrons. The molecule has 0 bridgehead atoms. The molecule has 0 atom stereocenters. The molecule has 1 aliphatic carbocycles. The molecule has 1 N–H and O–H groups in total. The van der Waals surface area contributed by atoms with Crippen molar-refractivity contribution in [3.8, 4) is 11.4 Å². The van der Waals surface area contributed by atoms with Gasteiger partial charge in [-0.25, -0.2) is 4.98 Å². The van der Waals surface area contributed by atoms with Crippen molar-refractivity contribution in [1.29, 1.82) is 0 Å². The third-order valence-electron chi connectivity index (χ3n) is 4.12. The minimum absolute atomic E-state index is 0.0123. The number of hydrogen-bond donors (Lipinski definition) is 1. The van der Waals surface area contributed by atoms with Crippen molar-refractivity contribution < 1.29 is 0 Å². The molecule has 21 heavy (non-hydrogen) atoms. The van der Waals surface area contributed by atoms with Crippen molar-refractivity contribution in [2.24, 2.45) is 0 Å². The number of nitrogens with one attached hydrogen (secondary N) is 1. The van der Waals surface area contributed by atoms with Gasteiger partial charge in [-0.3, -0.25) is 4.79 Å². The SMILES string of the molecule is O=c1[nH]c(-c2ccccc2)nc2sc3c(c12)CCCCC3. The van der Waals surface area contributed by atoms with Crippen LogP contribution in [0.15, 0.2) is 35.1 Å². The first-order valence-electron chi connectivity index (χ1n) is 7.43. The maximum Gasteiger partial charge on any atom is 0.260 e. The highest BCUT2D eigenvalue weighted by atomic mass is 32.1. The molecule has 1 aliphatic rings. The fraction of sp³-hybridized carbons (Fsp3) is 0.294. The van der Waals surface area contributed by atoms with Gasteiger partial charge < -0.3 is 4.98 Å². The van der Waals surface area contributed by atoms with E-state index in [4.69, 9.17) is 4.98 Å². The van der Waals surface area contributed by atoms with E-state index in [1.54, 1.807) is 11.3 Å². The monoisotopic (exact) mass is 296 g/mol. The van der Waals surface area contributed by atoms with Crippen LogP contribution in [0.4, 0.5) is 0 Å². The lowest BCUT2D eigenvalue weighted by Crippen LogP contribution is -2.10. The Hall–Kier alpha value is -1.94. The molecule has 2 aromatic heterocycles. The molecule has 2 heterocycles. The first kappa shape index (κ1) is 12.8. The Labute approximate surface area is 126 Å². The summed E-state index contributed by atoms with van der Waals surface area (Å²) < 4.78 is 0. The van der Waals surface area contributed by atoms with Crippen LogP contribution in [0.3, 0.4) is 0 Å². The summed E-state index contributed by atoms with van der Waals surface area (Å²) in [5, 5.41) is 0.830. The van der Waals surface area contributed by atoms with E-state index < -0.39 is 0 Å². The standard InChI is InChI=1S/C17H16N2OS/c20-16-14-12-9-5-2-6-10-13(12)21-17(14)19-15(18-16)11-7-3-1-4-8-11/h1,3-4,7-8H,2,5-6,9-10H2,(H,18,19,20). The molecule has 0 aliphatic heterocycles. The van der Waals surface area contributed by atoms with Crippen molar-refractivity contribution in [2.75, 3.05) is 0 Å². The fourth-order valence-electron chi connectivity index (χ4n) is 3.07. The van der Waals surface area contributed by atoms with Gasteiger partial charge >= 0.3 is 0 Å². The number of aryl methyl sites for hydroxylation is 2. The highest BCUT2D eigenvalue weighted by Gasteiger charge is 2.19. The van der Waals surface area contributed by atoms with Gasteiger partial charge in [-0.05, 0) is 31.2 Å². The van der Waals surface area contributed by atoms with Gasteiger partial charge in [0.1, 0.15) is 10.7 Å². The molecule has 0 saturated carbocycles. The highest BCUT2D eigenvalue weighted by molar-refractivity contribution is 7.18. The number of aromatic amines is 1. The Morgan fingerprint density at radius 1 is 1.05 bits per heavy atom. The summed E-state index contributed by atoms with van der Waals surface area (Å²) in [7, 11) is 0. The third kappa shape index (κ3) is 2.20. The van der Waals surface area contributed by atoms with Crippen LogP contribution in [0, 0.1) is 0 Å². The number of fused-ring (bicyclic) bond motifs is 3. The first-order valence-corrected chi connectivity index (χ1v) is 8.24. The van der Waals surface area contributed by atoms with Crippen molar-refractivity contribution in [1.82, 2.24) is 9.97 Å². The summed E-state index contributed by atoms with van der Waals surface area (Å²) in [6.45, 7) is 0. The zero-order chi connectivity index (χ0) is 14.2. The maximum absolute atomic E-state index is 12.5. The lowest BCUT2D eigenvalue weighted by Gasteiger charge is -2.01. The van der Waals surface area contributed by atoms with E-state index in [-0.39, 0.29) is 5.56 Å². The summed E-state index contributed by atoms with van der Waals surface area (Å²) in [6.07, 6.45) is 5.78. The molecule has 0 saturated heterocycles. The van der Waals surface area contributed by atoms with Gasteiger partial charge in [0.15, 0.2) is 0 Å². The summed E-state index contributed by atoms with van der Waals surface area (Å²) in [5.41, 5.74) is 2.22. The quantitative estimate of drug-likeness (QED) is 0.692. The molecule has 4 rings (SSSR count). The predicted molar refractivity (Wildman–Crippen MR) is 86.9 cm³/mol. The molecule has 3 nitrogen and oxygen atoms in total. The van der Waals surface area contributed by atoms with Crippen LogP contribution in [-0.2, 0) is 12.8 Å². The summed E-state index contributed by atoms with van der Waals surface area (Å²) in [5.74, 6) is 0.671. The average molecular weight is 296 g/mol. The van der Waals surface area contributed by atoms with Crippen molar-refractivity contribution in [3.05, 3.63) is 51.1 Å². The van der Waals surface area contributed by atoms with Crippen LogP contribution in [-0.4, -0.2) is 9.97 Å². The summed E-state index contributed by atoms with van der Waals surface area (Å²) in [4.78, 5) is 22.5. The van der Waals surface area contributed by atoms with Crippen molar-refractivity contribution in [2.45, 2.75) is 32.1 Å². The number of rotatable bonds is 1. The molecular formula is C17H16N2OS. The number of benzene rings is 1. The zero-order valence-electron chi connectivity index (χ0n) is 11.7. The third-order valence-corrected chi connectivity index (χ3v) is 5.31. The maximum atomic E-state index is 12.5. The van der Waals surface area contributed by atoms with Gasteiger partial charge in [-0.2, -0.15) is 0 Å². The lowest BCUT2D eigenvalue weighted by atomic mass is 10.1. The number of nitrogens with zero attached hydrogens (tertiary/aromatic N) is 1. The lowest BCUT2D eigenvalue weighted by molar-refractivity contribution is 0.713. The Morgan fingerprint density at radius 3 is 2.71 bits per heavy atom. The van der Waals surface area contributed by atoms with E-state index in [0.717, 1.165) is 28.6 Å². The highest BCUT2D eigenvalue weighted by Crippen LogP contribution is 2.33. The van der Waals surface area contributed by atoms with Crippen LogP contribution < -0.4 is 5.56 Å². The fourth-order valence-corrected chi connectivity index (χ4v) is 4.34. The molecule has 4 heteroatoms. The summed E-state index contributed by atoms with van der Waals surface area (Å²) in [6, 6.07) is 9.84. The van der Waals surface area contributed by atoms with E-state index >= 15 is 0 Å². The Balaban J connectivity index is 1.94. The molecule has 0 amide bonds. The second-order valence-electron chi connectivity index (χ2n) is 5.53. The van der Waals surface area contributed by atoms with Crippen LogP contribution in [0.2, 0.25) is 0 Å². The second-order valence-corrected chi connectivity index (χ2v) is 6.61. The van der Waals surface area contributed by atoms with E-state index in [1.807, 2.05) is 30.3 Å². The predicted octanol–water partition coefficient (Wildman–Crippen LogP) is 3.92. The van der Waals surface area contributed by atoms with E-state index in [1.165, 1.54) is 29.7 Å². The van der Waals surface area contributed by atoms with Crippen LogP contribution in [0.1, 0.15) is 29.7 Å². The van der Waals surface area contributed by atoms with Gasteiger partial charge in [0, 0.05) is 10.4 Å². The van der Waals surface area contributed by atoms with E-state index in [9.17, 15) is 4.79 Å². The molecule has 0 fully saturated rings. The molecule has 106 valence electrons. The number of H-pyrrole nitrogens is 1. The van der Waals surface area contributed by atoms with Gasteiger partial charge in [0.2, 0.25) is 0 Å². The van der Waals surface area contributed by atoms with Crippen LogP contribution in [0.5, 0.6) is 0 Å². The topological polar surface area (TPSA) is 45.8 Å². The number of hydrogen-bond acceptors (Lipinski definition) is 3. The van der Waals surface area contributed by atoms with Crippen molar-refractivity contribution in [3.63, 3.8) is 0 Å². The molecular weight excluding hydrogens is 280 g/mol. The minimum atomic E-state index is 0.0123. The largest absolute Gasteiger partial charge is 0.306 e. The Kier molecular flexibility index (Phi) is 3.11. The molecule has 3 aromatic rings. The first-order chi connectivity index (χ1) is 10.3. The van der Waals surface area contributed by atoms with Gasteiger partial charge in [-0.15, -0.1) is 11.3 Å². The summed E-state index contributed by atoms with van der Waals surface area (Å²) >= 11 is 1.70. The molecule has 1 aromatic carbocycles. The molecule has 0 unspecified atom stereocenters.